The molecule has 2 N–H and O–H groups in total. The van der Waals surface area contributed by atoms with Gasteiger partial charge in [-0.3, -0.25) is 0 Å². The average Bonchev–Trinajstić information content (AvgIpc) is 3.45. The van der Waals surface area contributed by atoms with Crippen molar-refractivity contribution in [2.45, 2.75) is 36.9 Å². The van der Waals surface area contributed by atoms with Crippen molar-refractivity contribution in [2.75, 3.05) is 6.61 Å². The Bertz CT molecular complexity index is 1300. The van der Waals surface area contributed by atoms with Crippen molar-refractivity contribution in [2.24, 2.45) is 0 Å². The third-order valence-electron chi connectivity index (χ3n) is 6.77. The van der Waals surface area contributed by atoms with E-state index in [9.17, 15) is 20.1 Å². The van der Waals surface area contributed by atoms with E-state index in [2.05, 4.69) is 0 Å². The molecule has 36 heavy (non-hydrogen) atoms. The van der Waals surface area contributed by atoms with Crippen LogP contribution >= 0.6 is 0 Å². The molecule has 1 aliphatic rings. The maximum Gasteiger partial charge on any atom is 0.198 e. The number of ether oxygens (including phenoxy) is 1. The summed E-state index contributed by atoms with van der Waals surface area (Å²) in [5, 5.41) is 34.3. The number of aromatic nitrogens is 1. The lowest BCUT2D eigenvalue weighted by atomic mass is 9.78. The molecule has 5 rings (SSSR count). The minimum atomic E-state index is -1.60. The Kier molecular flexibility index (Phi) is 6.35. The number of oxazole rings is 1. The largest absolute Gasteiger partial charge is 0.546 e. The highest BCUT2D eigenvalue weighted by atomic mass is 16.5. The summed E-state index contributed by atoms with van der Waals surface area (Å²) in [7, 11) is 0. The van der Waals surface area contributed by atoms with E-state index in [0.717, 1.165) is 11.1 Å². The van der Waals surface area contributed by atoms with Gasteiger partial charge in [-0.15, -0.1) is 0 Å². The highest BCUT2D eigenvalue weighted by Gasteiger charge is 2.55. The van der Waals surface area contributed by atoms with Gasteiger partial charge in [0.1, 0.15) is 29.3 Å². The minimum absolute atomic E-state index is 0.000295. The van der Waals surface area contributed by atoms with Gasteiger partial charge in [0.15, 0.2) is 11.7 Å². The molecule has 7 heteroatoms. The Hall–Kier alpha value is -3.94. The molecule has 1 aromatic heterocycles. The fraction of sp³-hybridized carbons (Fsp3) is 0.241. The monoisotopic (exact) mass is 484 g/mol. The van der Waals surface area contributed by atoms with Gasteiger partial charge >= 0.3 is 0 Å². The van der Waals surface area contributed by atoms with Crippen LogP contribution < -0.4 is 9.84 Å². The number of aliphatic hydroxyl groups is 2. The Balaban J connectivity index is 1.50. The molecular weight excluding hydrogens is 458 g/mol. The molecule has 3 aromatic carbocycles. The van der Waals surface area contributed by atoms with Crippen molar-refractivity contribution in [3.05, 3.63) is 96.4 Å². The van der Waals surface area contributed by atoms with E-state index in [1.807, 2.05) is 60.7 Å². The quantitative estimate of drug-likeness (QED) is 0.393. The van der Waals surface area contributed by atoms with Crippen LogP contribution in [-0.4, -0.2) is 33.4 Å². The molecular formula is C29H26NO6-. The molecule has 4 aromatic rings. The fourth-order valence-corrected chi connectivity index (χ4v) is 4.98. The van der Waals surface area contributed by atoms with Crippen LogP contribution in [0.3, 0.4) is 0 Å². The van der Waals surface area contributed by atoms with E-state index >= 15 is 0 Å². The second-order valence-electron chi connectivity index (χ2n) is 9.13. The average molecular weight is 485 g/mol. The van der Waals surface area contributed by atoms with Gasteiger partial charge in [0.2, 0.25) is 0 Å². The summed E-state index contributed by atoms with van der Waals surface area (Å²) in [5.41, 5.74) is -0.287. The van der Waals surface area contributed by atoms with Crippen molar-refractivity contribution in [1.29, 1.82) is 0 Å². The molecule has 1 heterocycles. The molecule has 7 nitrogen and oxygen atoms in total. The number of carboxylic acid groups (broad SMARTS) is 1. The molecule has 1 fully saturated rings. The molecule has 1 saturated carbocycles. The number of benzene rings is 3. The predicted octanol–water partition coefficient (Wildman–Crippen LogP) is 3.48. The van der Waals surface area contributed by atoms with Crippen LogP contribution in [-0.2, 0) is 16.8 Å². The van der Waals surface area contributed by atoms with Crippen molar-refractivity contribution in [3.63, 3.8) is 0 Å². The van der Waals surface area contributed by atoms with Crippen molar-refractivity contribution in [1.82, 2.24) is 4.98 Å². The van der Waals surface area contributed by atoms with Crippen LogP contribution in [0.4, 0.5) is 0 Å². The number of carbonyl (C=O) groups is 1. The molecule has 0 radical (unpaired) electrons. The number of hydrogen-bond donors (Lipinski definition) is 2. The van der Waals surface area contributed by atoms with E-state index in [4.69, 9.17) is 14.1 Å². The Morgan fingerprint density at radius 1 is 0.944 bits per heavy atom. The maximum absolute atomic E-state index is 11.8. The topological polar surface area (TPSA) is 116 Å². The van der Waals surface area contributed by atoms with Crippen LogP contribution in [0.2, 0.25) is 0 Å². The second kappa shape index (κ2) is 9.60. The molecule has 1 aliphatic carbocycles. The first kappa shape index (κ1) is 23.8. The minimum Gasteiger partial charge on any atom is -0.546 e. The summed E-state index contributed by atoms with van der Waals surface area (Å²) < 4.78 is 11.5. The number of rotatable bonds is 8. The first-order chi connectivity index (χ1) is 17.4. The smallest absolute Gasteiger partial charge is 0.198 e. The van der Waals surface area contributed by atoms with Gasteiger partial charge in [0.05, 0.1) is 12.4 Å². The van der Waals surface area contributed by atoms with Gasteiger partial charge in [-0.05, 0) is 37.0 Å². The Labute approximate surface area is 208 Å². The lowest BCUT2D eigenvalue weighted by Gasteiger charge is -2.38. The van der Waals surface area contributed by atoms with Gasteiger partial charge in [0, 0.05) is 11.1 Å². The van der Waals surface area contributed by atoms with Gasteiger partial charge in [-0.2, -0.15) is 0 Å². The highest BCUT2D eigenvalue weighted by Crippen LogP contribution is 2.49. The van der Waals surface area contributed by atoms with Crippen molar-refractivity contribution < 1.29 is 29.3 Å². The summed E-state index contributed by atoms with van der Waals surface area (Å²) in [6.07, 6.45) is 1.26. The molecule has 0 bridgehead atoms. The van der Waals surface area contributed by atoms with E-state index < -0.39 is 23.8 Å². The molecule has 0 saturated heterocycles. The number of carboxylic acids is 1. The molecule has 184 valence electrons. The Morgan fingerprint density at radius 2 is 1.64 bits per heavy atom. The van der Waals surface area contributed by atoms with Crippen molar-refractivity contribution >= 4 is 5.97 Å². The first-order valence-corrected chi connectivity index (χ1v) is 11.9. The zero-order valence-corrected chi connectivity index (χ0v) is 19.6. The summed E-state index contributed by atoms with van der Waals surface area (Å²) in [6, 6.07) is 25.8. The number of nitrogens with zero attached hydrogens (tertiary/aromatic N) is 1. The van der Waals surface area contributed by atoms with E-state index in [0.29, 0.717) is 42.2 Å². The van der Waals surface area contributed by atoms with Crippen LogP contribution in [0.5, 0.6) is 5.75 Å². The molecule has 2 atom stereocenters. The second-order valence-corrected chi connectivity index (χ2v) is 9.13. The van der Waals surface area contributed by atoms with Crippen LogP contribution in [0.25, 0.3) is 22.6 Å². The molecule has 0 spiro atoms. The maximum atomic E-state index is 11.8. The van der Waals surface area contributed by atoms with Gasteiger partial charge < -0.3 is 29.3 Å². The molecule has 0 aliphatic heterocycles. The van der Waals surface area contributed by atoms with Crippen LogP contribution in [0.1, 0.15) is 30.7 Å². The highest BCUT2D eigenvalue weighted by molar-refractivity contribution is 5.76. The number of carbonyl (C=O) groups excluding carboxylic acids is 1. The zero-order chi connectivity index (χ0) is 25.2. The summed E-state index contributed by atoms with van der Waals surface area (Å²) in [5.74, 6) is -0.156. The summed E-state index contributed by atoms with van der Waals surface area (Å²) >= 11 is 0. The summed E-state index contributed by atoms with van der Waals surface area (Å²) in [4.78, 5) is 15.5. The van der Waals surface area contributed by atoms with Crippen LogP contribution in [0.15, 0.2) is 89.3 Å². The normalized spacial score (nSPS) is 21.4. The van der Waals surface area contributed by atoms with Gasteiger partial charge in [-0.1, -0.05) is 72.8 Å². The molecule has 0 amide bonds. The van der Waals surface area contributed by atoms with E-state index in [1.165, 1.54) is 0 Å². The van der Waals surface area contributed by atoms with Gasteiger partial charge in [-0.25, -0.2) is 4.98 Å². The van der Waals surface area contributed by atoms with Gasteiger partial charge in [0.25, 0.3) is 0 Å². The SMILES string of the molecule is O=C([O-])COc1cccc(C2(O)CCCC2(O)Cc2nc(-c3ccccc3)c(-c3ccccc3)o2)c1. The zero-order valence-electron chi connectivity index (χ0n) is 19.6. The lowest BCUT2D eigenvalue weighted by Crippen LogP contribution is -2.49. The third-order valence-corrected chi connectivity index (χ3v) is 6.77. The third kappa shape index (κ3) is 4.51. The van der Waals surface area contributed by atoms with E-state index in [-0.39, 0.29) is 12.2 Å². The first-order valence-electron chi connectivity index (χ1n) is 11.9. The lowest BCUT2D eigenvalue weighted by molar-refractivity contribution is -0.307. The fourth-order valence-electron chi connectivity index (χ4n) is 4.98. The standard InChI is InChI=1S/C29H27NO6/c31-25(32)19-35-23-14-7-13-22(17-23)29(34)16-8-15-28(29,33)18-24-30-26(20-9-3-1-4-10-20)27(36-24)21-11-5-2-6-12-21/h1-7,9-14,17,33-34H,8,15-16,18-19H2,(H,31,32)/p-1. The van der Waals surface area contributed by atoms with Crippen molar-refractivity contribution in [3.8, 4) is 28.3 Å². The number of hydrogen-bond acceptors (Lipinski definition) is 7. The number of aliphatic carboxylic acids is 1. The van der Waals surface area contributed by atoms with E-state index in [1.54, 1.807) is 24.3 Å². The van der Waals surface area contributed by atoms with Crippen LogP contribution in [0, 0.1) is 0 Å². The summed E-state index contributed by atoms with van der Waals surface area (Å²) in [6.45, 7) is -0.604. The Morgan fingerprint density at radius 3 is 2.33 bits per heavy atom. The molecule has 2 unspecified atom stereocenters. The predicted molar refractivity (Wildman–Crippen MR) is 131 cm³/mol.